The van der Waals surface area contributed by atoms with E-state index in [1.165, 1.54) is 4.90 Å². The Bertz CT molecular complexity index is 554. The van der Waals surface area contributed by atoms with Crippen molar-refractivity contribution < 1.29 is 19.1 Å². The van der Waals surface area contributed by atoms with E-state index in [1.807, 2.05) is 0 Å². The van der Waals surface area contributed by atoms with Gasteiger partial charge in [0.1, 0.15) is 5.60 Å². The molecule has 20 heavy (non-hydrogen) atoms. The summed E-state index contributed by atoms with van der Waals surface area (Å²) < 4.78 is 5.25. The minimum atomic E-state index is -0.549. The van der Waals surface area contributed by atoms with Gasteiger partial charge in [0.2, 0.25) is 5.91 Å². The summed E-state index contributed by atoms with van der Waals surface area (Å²) in [5.74, 6) is -0.709. The van der Waals surface area contributed by atoms with E-state index in [0.29, 0.717) is 11.3 Å². The standard InChI is InChI=1S/C15H17NO4/c1-15(2,3)20-14(19)10-4-6-11(7-5-10)16-9-12(17)8-13(16)18/h4-7H,8-9H2,1-3H3. The predicted molar refractivity (Wildman–Crippen MR) is 73.6 cm³/mol. The topological polar surface area (TPSA) is 63.7 Å². The number of ketones is 1. The predicted octanol–water partition coefficient (Wildman–Crippen LogP) is 1.95. The minimum Gasteiger partial charge on any atom is -0.456 e. The van der Waals surface area contributed by atoms with Crippen molar-refractivity contribution in [1.29, 1.82) is 0 Å². The molecule has 0 radical (unpaired) electrons. The molecule has 0 saturated carbocycles. The molecule has 1 aliphatic rings. The van der Waals surface area contributed by atoms with Crippen LogP contribution in [0.4, 0.5) is 5.69 Å². The molecule has 5 nitrogen and oxygen atoms in total. The van der Waals surface area contributed by atoms with Crippen LogP contribution in [0, 0.1) is 0 Å². The van der Waals surface area contributed by atoms with Crippen molar-refractivity contribution in [3.05, 3.63) is 29.8 Å². The Morgan fingerprint density at radius 3 is 2.20 bits per heavy atom. The van der Waals surface area contributed by atoms with Gasteiger partial charge in [0.05, 0.1) is 18.5 Å². The molecule has 106 valence electrons. The molecule has 1 aliphatic heterocycles. The maximum absolute atomic E-state index is 11.9. The highest BCUT2D eigenvalue weighted by atomic mass is 16.6. The van der Waals surface area contributed by atoms with E-state index in [2.05, 4.69) is 0 Å². The van der Waals surface area contributed by atoms with E-state index < -0.39 is 11.6 Å². The summed E-state index contributed by atoms with van der Waals surface area (Å²) in [6.07, 6.45) is -0.0478. The molecule has 1 fully saturated rings. The summed E-state index contributed by atoms with van der Waals surface area (Å²) in [6, 6.07) is 6.49. The number of Topliss-reactive ketones (excluding diaryl/α,β-unsaturated/α-hetero) is 1. The molecule has 0 bridgehead atoms. The number of benzene rings is 1. The first-order valence-electron chi connectivity index (χ1n) is 6.42. The number of carbonyl (C=O) groups excluding carboxylic acids is 3. The summed E-state index contributed by atoms with van der Waals surface area (Å²) >= 11 is 0. The van der Waals surface area contributed by atoms with Crippen LogP contribution in [0.1, 0.15) is 37.6 Å². The first-order chi connectivity index (χ1) is 9.26. The molecule has 0 aliphatic carbocycles. The lowest BCUT2D eigenvalue weighted by molar-refractivity contribution is -0.121. The maximum atomic E-state index is 11.9. The van der Waals surface area contributed by atoms with Crippen molar-refractivity contribution in [2.24, 2.45) is 0 Å². The molecular weight excluding hydrogens is 258 g/mol. The number of hydrogen-bond donors (Lipinski definition) is 0. The average Bonchev–Trinajstić information content (AvgIpc) is 2.66. The van der Waals surface area contributed by atoms with Gasteiger partial charge in [-0.3, -0.25) is 9.59 Å². The van der Waals surface area contributed by atoms with Gasteiger partial charge in [0, 0.05) is 5.69 Å². The van der Waals surface area contributed by atoms with Gasteiger partial charge in [-0.2, -0.15) is 0 Å². The number of anilines is 1. The summed E-state index contributed by atoms with van der Waals surface area (Å²) in [4.78, 5) is 36.1. The Balaban J connectivity index is 2.12. The summed E-state index contributed by atoms with van der Waals surface area (Å²) in [5.41, 5.74) is 0.488. The Morgan fingerprint density at radius 2 is 1.75 bits per heavy atom. The largest absolute Gasteiger partial charge is 0.456 e. The maximum Gasteiger partial charge on any atom is 0.338 e. The summed E-state index contributed by atoms with van der Waals surface area (Å²) in [6.45, 7) is 5.50. The first kappa shape index (κ1) is 14.2. The SMILES string of the molecule is CC(C)(C)OC(=O)c1ccc(N2CC(=O)CC2=O)cc1. The van der Waals surface area contributed by atoms with Crippen LogP contribution in [0.5, 0.6) is 0 Å². The van der Waals surface area contributed by atoms with Gasteiger partial charge in [0.15, 0.2) is 5.78 Å². The van der Waals surface area contributed by atoms with Crippen molar-refractivity contribution in [2.45, 2.75) is 32.8 Å². The number of nitrogens with zero attached hydrogens (tertiary/aromatic N) is 1. The summed E-state index contributed by atoms with van der Waals surface area (Å²) in [5, 5.41) is 0. The lowest BCUT2D eigenvalue weighted by atomic mass is 10.1. The fraction of sp³-hybridized carbons (Fsp3) is 0.400. The van der Waals surface area contributed by atoms with Crippen molar-refractivity contribution in [2.75, 3.05) is 11.4 Å². The lowest BCUT2D eigenvalue weighted by Gasteiger charge is -2.20. The molecule has 0 spiro atoms. The number of carbonyl (C=O) groups is 3. The normalized spacial score (nSPS) is 15.7. The number of amides is 1. The second-order valence-electron chi connectivity index (χ2n) is 5.74. The van der Waals surface area contributed by atoms with Crippen molar-refractivity contribution in [3.8, 4) is 0 Å². The molecule has 2 rings (SSSR count). The van der Waals surface area contributed by atoms with E-state index in [4.69, 9.17) is 4.74 Å². The number of rotatable bonds is 2. The molecule has 0 atom stereocenters. The quantitative estimate of drug-likeness (QED) is 0.611. The van der Waals surface area contributed by atoms with Crippen LogP contribution in [0.3, 0.4) is 0 Å². The molecule has 1 aromatic carbocycles. The van der Waals surface area contributed by atoms with Gasteiger partial charge >= 0.3 is 5.97 Å². The zero-order chi connectivity index (χ0) is 14.9. The molecule has 1 saturated heterocycles. The molecule has 0 aromatic heterocycles. The van der Waals surface area contributed by atoms with Crippen LogP contribution in [-0.2, 0) is 14.3 Å². The van der Waals surface area contributed by atoms with E-state index in [9.17, 15) is 14.4 Å². The highest BCUT2D eigenvalue weighted by Gasteiger charge is 2.28. The van der Waals surface area contributed by atoms with Gasteiger partial charge in [-0.1, -0.05) is 0 Å². The van der Waals surface area contributed by atoms with E-state index >= 15 is 0 Å². The van der Waals surface area contributed by atoms with E-state index in [0.717, 1.165) is 0 Å². The minimum absolute atomic E-state index is 0.0478. The smallest absolute Gasteiger partial charge is 0.338 e. The highest BCUT2D eigenvalue weighted by Crippen LogP contribution is 2.21. The van der Waals surface area contributed by atoms with Gasteiger partial charge in [-0.25, -0.2) is 4.79 Å². The number of esters is 1. The average molecular weight is 275 g/mol. The molecular formula is C15H17NO4. The van der Waals surface area contributed by atoms with Crippen molar-refractivity contribution >= 4 is 23.3 Å². The fourth-order valence-electron chi connectivity index (χ4n) is 1.93. The number of hydrogen-bond acceptors (Lipinski definition) is 4. The van der Waals surface area contributed by atoms with Crippen molar-refractivity contribution in [3.63, 3.8) is 0 Å². The van der Waals surface area contributed by atoms with Crippen LogP contribution in [0.2, 0.25) is 0 Å². The van der Waals surface area contributed by atoms with Gasteiger partial charge in [-0.05, 0) is 45.0 Å². The van der Waals surface area contributed by atoms with Crippen LogP contribution in [-0.4, -0.2) is 29.8 Å². The van der Waals surface area contributed by atoms with Crippen LogP contribution in [0.25, 0.3) is 0 Å². The zero-order valence-corrected chi connectivity index (χ0v) is 11.8. The zero-order valence-electron chi connectivity index (χ0n) is 11.8. The van der Waals surface area contributed by atoms with Crippen molar-refractivity contribution in [1.82, 2.24) is 0 Å². The fourth-order valence-corrected chi connectivity index (χ4v) is 1.93. The molecule has 0 N–H and O–H groups in total. The third-order valence-electron chi connectivity index (χ3n) is 2.80. The van der Waals surface area contributed by atoms with E-state index in [1.54, 1.807) is 45.0 Å². The molecule has 1 amide bonds. The Hall–Kier alpha value is -2.17. The van der Waals surface area contributed by atoms with Crippen LogP contribution >= 0.6 is 0 Å². The first-order valence-corrected chi connectivity index (χ1v) is 6.42. The molecule has 0 unspecified atom stereocenters. The third kappa shape index (κ3) is 3.23. The van der Waals surface area contributed by atoms with E-state index in [-0.39, 0.29) is 24.7 Å². The molecule has 1 aromatic rings. The van der Waals surface area contributed by atoms with Gasteiger partial charge < -0.3 is 9.64 Å². The monoisotopic (exact) mass is 275 g/mol. The second-order valence-corrected chi connectivity index (χ2v) is 5.74. The lowest BCUT2D eigenvalue weighted by Crippen LogP contribution is -2.25. The number of ether oxygens (including phenoxy) is 1. The van der Waals surface area contributed by atoms with Crippen LogP contribution < -0.4 is 4.90 Å². The summed E-state index contributed by atoms with van der Waals surface area (Å²) in [7, 11) is 0. The Labute approximate surface area is 117 Å². The highest BCUT2D eigenvalue weighted by molar-refractivity contribution is 6.15. The Kier molecular flexibility index (Phi) is 3.61. The second kappa shape index (κ2) is 5.07. The van der Waals surface area contributed by atoms with Crippen LogP contribution in [0.15, 0.2) is 24.3 Å². The third-order valence-corrected chi connectivity index (χ3v) is 2.80. The molecule has 1 heterocycles. The molecule has 5 heteroatoms. The van der Waals surface area contributed by atoms with Gasteiger partial charge in [0.25, 0.3) is 0 Å². The van der Waals surface area contributed by atoms with Gasteiger partial charge in [-0.15, -0.1) is 0 Å². The Morgan fingerprint density at radius 1 is 1.15 bits per heavy atom.